The quantitative estimate of drug-likeness (QED) is 0.659. The standard InChI is InChI=1S/C11H8ClF3N4/c12-6-2-1-3-7(4-6)19-9(11(13,14)15)8(5-18-19)10(16)17/h1-5H,(H3,16,17). The van der Waals surface area contributed by atoms with Crippen LogP contribution in [0.4, 0.5) is 13.2 Å². The van der Waals surface area contributed by atoms with Gasteiger partial charge in [-0.3, -0.25) is 5.41 Å². The van der Waals surface area contributed by atoms with Crippen LogP contribution in [0.15, 0.2) is 30.5 Å². The van der Waals surface area contributed by atoms with Gasteiger partial charge in [0.05, 0.1) is 17.4 Å². The van der Waals surface area contributed by atoms with Gasteiger partial charge in [0.15, 0.2) is 5.69 Å². The molecule has 8 heteroatoms. The van der Waals surface area contributed by atoms with Crippen LogP contribution in [0.3, 0.4) is 0 Å². The van der Waals surface area contributed by atoms with Gasteiger partial charge in [0.2, 0.25) is 0 Å². The van der Waals surface area contributed by atoms with Gasteiger partial charge < -0.3 is 5.73 Å². The largest absolute Gasteiger partial charge is 0.434 e. The molecule has 2 rings (SSSR count). The molecule has 0 atom stereocenters. The molecule has 2 aromatic rings. The first-order valence-electron chi connectivity index (χ1n) is 5.06. The summed E-state index contributed by atoms with van der Waals surface area (Å²) in [6, 6.07) is 5.81. The summed E-state index contributed by atoms with van der Waals surface area (Å²) >= 11 is 5.74. The minimum atomic E-state index is -4.68. The van der Waals surface area contributed by atoms with E-state index in [4.69, 9.17) is 22.7 Å². The molecule has 0 aliphatic rings. The number of nitrogens with one attached hydrogen (secondary N) is 1. The van der Waals surface area contributed by atoms with Gasteiger partial charge in [-0.1, -0.05) is 17.7 Å². The second kappa shape index (κ2) is 4.58. The predicted octanol–water partition coefficient (Wildman–Crippen LogP) is 2.83. The number of benzene rings is 1. The van der Waals surface area contributed by atoms with E-state index in [1.165, 1.54) is 24.3 Å². The van der Waals surface area contributed by atoms with E-state index in [9.17, 15) is 13.2 Å². The Morgan fingerprint density at radius 3 is 2.58 bits per heavy atom. The van der Waals surface area contributed by atoms with Crippen LogP contribution >= 0.6 is 11.6 Å². The summed E-state index contributed by atoms with van der Waals surface area (Å²) in [5.41, 5.74) is 3.72. The zero-order chi connectivity index (χ0) is 14.2. The maximum absolute atomic E-state index is 13.0. The third-order valence-electron chi connectivity index (χ3n) is 2.38. The average molecular weight is 289 g/mol. The number of rotatable bonds is 2. The first-order chi connectivity index (χ1) is 8.80. The van der Waals surface area contributed by atoms with Crippen LogP contribution in [0.5, 0.6) is 0 Å². The summed E-state index contributed by atoms with van der Waals surface area (Å²) in [7, 11) is 0. The summed E-state index contributed by atoms with van der Waals surface area (Å²) in [5.74, 6) is -0.694. The zero-order valence-corrected chi connectivity index (χ0v) is 10.1. The number of alkyl halides is 3. The molecular formula is C11H8ClF3N4. The topological polar surface area (TPSA) is 67.7 Å². The van der Waals surface area contributed by atoms with Gasteiger partial charge in [0.1, 0.15) is 5.84 Å². The highest BCUT2D eigenvalue weighted by atomic mass is 35.5. The Labute approximate surface area is 111 Å². The molecular weight excluding hydrogens is 281 g/mol. The Bertz CT molecular complexity index is 633. The maximum atomic E-state index is 13.0. The van der Waals surface area contributed by atoms with E-state index >= 15 is 0 Å². The van der Waals surface area contributed by atoms with Gasteiger partial charge in [-0.25, -0.2) is 4.68 Å². The van der Waals surface area contributed by atoms with E-state index in [-0.39, 0.29) is 10.7 Å². The van der Waals surface area contributed by atoms with Gasteiger partial charge >= 0.3 is 6.18 Å². The van der Waals surface area contributed by atoms with Crippen LogP contribution in [0, 0.1) is 5.41 Å². The molecule has 0 unspecified atom stereocenters. The van der Waals surface area contributed by atoms with Crippen LogP contribution in [0.25, 0.3) is 5.69 Å². The molecule has 1 aromatic carbocycles. The fraction of sp³-hybridized carbons (Fsp3) is 0.0909. The normalized spacial score (nSPS) is 11.6. The average Bonchev–Trinajstić information content (AvgIpc) is 2.73. The Hall–Kier alpha value is -2.02. The van der Waals surface area contributed by atoms with Crippen molar-refractivity contribution in [3.05, 3.63) is 46.7 Å². The fourth-order valence-corrected chi connectivity index (χ4v) is 1.81. The highest BCUT2D eigenvalue weighted by molar-refractivity contribution is 6.30. The van der Waals surface area contributed by atoms with Crippen molar-refractivity contribution in [1.29, 1.82) is 5.41 Å². The predicted molar refractivity (Wildman–Crippen MR) is 64.6 cm³/mol. The molecule has 0 fully saturated rings. The van der Waals surface area contributed by atoms with Crippen LogP contribution in [0.1, 0.15) is 11.3 Å². The van der Waals surface area contributed by atoms with E-state index < -0.39 is 23.3 Å². The van der Waals surface area contributed by atoms with Crippen LogP contribution in [0.2, 0.25) is 5.02 Å². The molecule has 0 saturated heterocycles. The minimum Gasteiger partial charge on any atom is -0.384 e. The Morgan fingerprint density at radius 2 is 2.05 bits per heavy atom. The van der Waals surface area contributed by atoms with Crippen molar-refractivity contribution in [3.63, 3.8) is 0 Å². The highest BCUT2D eigenvalue weighted by Crippen LogP contribution is 2.33. The lowest BCUT2D eigenvalue weighted by Gasteiger charge is -2.12. The highest BCUT2D eigenvalue weighted by Gasteiger charge is 2.39. The molecule has 0 aliphatic carbocycles. The van der Waals surface area contributed by atoms with E-state index in [2.05, 4.69) is 5.10 Å². The maximum Gasteiger partial charge on any atom is 0.434 e. The third kappa shape index (κ3) is 2.55. The number of nitrogens with zero attached hydrogens (tertiary/aromatic N) is 2. The number of nitrogens with two attached hydrogens (primary N) is 1. The van der Waals surface area contributed by atoms with Gasteiger partial charge in [0.25, 0.3) is 0 Å². The molecule has 4 nitrogen and oxygen atoms in total. The van der Waals surface area contributed by atoms with Crippen molar-refractivity contribution in [3.8, 4) is 5.69 Å². The van der Waals surface area contributed by atoms with Crippen molar-refractivity contribution in [1.82, 2.24) is 9.78 Å². The van der Waals surface area contributed by atoms with Gasteiger partial charge in [-0.05, 0) is 18.2 Å². The van der Waals surface area contributed by atoms with Gasteiger partial charge in [0, 0.05) is 5.02 Å². The lowest BCUT2D eigenvalue weighted by Crippen LogP contribution is -2.20. The van der Waals surface area contributed by atoms with Crippen molar-refractivity contribution >= 4 is 17.4 Å². The van der Waals surface area contributed by atoms with Crippen LogP contribution in [-0.2, 0) is 6.18 Å². The first kappa shape index (κ1) is 13.4. The van der Waals surface area contributed by atoms with Crippen LogP contribution in [-0.4, -0.2) is 15.6 Å². The van der Waals surface area contributed by atoms with Gasteiger partial charge in [-0.15, -0.1) is 0 Å². The Kier molecular flexibility index (Phi) is 3.23. The molecule has 0 radical (unpaired) electrons. The number of aromatic nitrogens is 2. The lowest BCUT2D eigenvalue weighted by molar-refractivity contribution is -0.142. The smallest absolute Gasteiger partial charge is 0.384 e. The van der Waals surface area contributed by atoms with E-state index in [0.29, 0.717) is 4.68 Å². The zero-order valence-electron chi connectivity index (χ0n) is 9.37. The summed E-state index contributed by atoms with van der Waals surface area (Å²) in [6.07, 6.45) is -3.77. The van der Waals surface area contributed by atoms with E-state index in [1.807, 2.05) is 0 Å². The van der Waals surface area contributed by atoms with Gasteiger partial charge in [-0.2, -0.15) is 18.3 Å². The minimum absolute atomic E-state index is 0.146. The molecule has 0 amide bonds. The molecule has 0 aliphatic heterocycles. The second-order valence-electron chi connectivity index (χ2n) is 3.71. The number of amidine groups is 1. The molecule has 100 valence electrons. The molecule has 0 saturated carbocycles. The summed E-state index contributed by atoms with van der Waals surface area (Å²) in [6.45, 7) is 0. The summed E-state index contributed by atoms with van der Waals surface area (Å²) < 4.78 is 39.8. The number of hydrogen-bond donors (Lipinski definition) is 2. The summed E-state index contributed by atoms with van der Waals surface area (Å²) in [5, 5.41) is 11.1. The van der Waals surface area contributed by atoms with E-state index in [1.54, 1.807) is 0 Å². The van der Waals surface area contributed by atoms with Crippen molar-refractivity contribution < 1.29 is 13.2 Å². The Balaban J connectivity index is 2.68. The number of nitrogen functional groups attached to an aromatic ring is 1. The summed E-state index contributed by atoms with van der Waals surface area (Å²) in [4.78, 5) is 0. The molecule has 3 N–H and O–H groups in total. The molecule has 0 bridgehead atoms. The fourth-order valence-electron chi connectivity index (χ4n) is 1.62. The lowest BCUT2D eigenvalue weighted by atomic mass is 10.2. The molecule has 19 heavy (non-hydrogen) atoms. The molecule has 1 heterocycles. The first-order valence-corrected chi connectivity index (χ1v) is 5.44. The molecule has 1 aromatic heterocycles. The van der Waals surface area contributed by atoms with Crippen LogP contribution < -0.4 is 5.73 Å². The van der Waals surface area contributed by atoms with Crippen molar-refractivity contribution in [2.45, 2.75) is 6.18 Å². The second-order valence-corrected chi connectivity index (χ2v) is 4.15. The van der Waals surface area contributed by atoms with Crippen molar-refractivity contribution in [2.24, 2.45) is 5.73 Å². The molecule has 0 spiro atoms. The monoisotopic (exact) mass is 288 g/mol. The number of halogens is 4. The van der Waals surface area contributed by atoms with Crippen molar-refractivity contribution in [2.75, 3.05) is 0 Å². The van der Waals surface area contributed by atoms with E-state index in [0.717, 1.165) is 6.20 Å². The number of hydrogen-bond acceptors (Lipinski definition) is 2. The Morgan fingerprint density at radius 1 is 1.37 bits per heavy atom. The third-order valence-corrected chi connectivity index (χ3v) is 2.62. The SMILES string of the molecule is N=C(N)c1cnn(-c2cccc(Cl)c2)c1C(F)(F)F.